The van der Waals surface area contributed by atoms with Crippen molar-refractivity contribution < 1.29 is 27.4 Å². The number of benzene rings is 2. The van der Waals surface area contributed by atoms with E-state index in [9.17, 15) is 18.0 Å². The van der Waals surface area contributed by atoms with Crippen LogP contribution in [0.2, 0.25) is 0 Å². The Hall–Kier alpha value is -2.52. The van der Waals surface area contributed by atoms with Crippen molar-refractivity contribution in [1.82, 2.24) is 0 Å². The second kappa shape index (κ2) is 9.09. The number of thiocarbonyl (C=S) groups is 1. The highest BCUT2D eigenvalue weighted by atomic mass is 32.2. The molecule has 4 nitrogen and oxygen atoms in total. The largest absolute Gasteiger partial charge is 0.493 e. The topological polar surface area (TPSA) is 38.8 Å². The van der Waals surface area contributed by atoms with Gasteiger partial charge in [0.15, 0.2) is 15.8 Å². The summed E-state index contributed by atoms with van der Waals surface area (Å²) in [6, 6.07) is 9.77. The fourth-order valence-electron chi connectivity index (χ4n) is 2.77. The monoisotopic (exact) mass is 453 g/mol. The first kappa shape index (κ1) is 22.2. The van der Waals surface area contributed by atoms with E-state index in [1.807, 2.05) is 6.92 Å². The molecule has 1 fully saturated rings. The second-order valence-electron chi connectivity index (χ2n) is 6.32. The number of hydrogen-bond donors (Lipinski definition) is 0. The van der Waals surface area contributed by atoms with Crippen LogP contribution in [-0.2, 0) is 11.0 Å². The van der Waals surface area contributed by atoms with Crippen molar-refractivity contribution in [3.05, 3.63) is 58.5 Å². The van der Waals surface area contributed by atoms with Gasteiger partial charge in [0.1, 0.15) is 0 Å². The quantitative estimate of drug-likeness (QED) is 0.402. The normalized spacial score (nSPS) is 15.8. The zero-order valence-electron chi connectivity index (χ0n) is 16.2. The lowest BCUT2D eigenvalue weighted by Crippen LogP contribution is -2.27. The summed E-state index contributed by atoms with van der Waals surface area (Å²) in [7, 11) is 1.52. The van der Waals surface area contributed by atoms with Crippen molar-refractivity contribution in [2.24, 2.45) is 0 Å². The third-order valence-corrected chi connectivity index (χ3v) is 5.47. The van der Waals surface area contributed by atoms with Crippen molar-refractivity contribution in [3.8, 4) is 11.5 Å². The predicted octanol–water partition coefficient (Wildman–Crippen LogP) is 5.91. The number of halogens is 3. The lowest BCUT2D eigenvalue weighted by Gasteiger charge is -2.16. The first-order chi connectivity index (χ1) is 14.2. The molecular weight excluding hydrogens is 435 g/mol. The lowest BCUT2D eigenvalue weighted by atomic mass is 10.1. The van der Waals surface area contributed by atoms with Gasteiger partial charge >= 0.3 is 6.18 Å². The van der Waals surface area contributed by atoms with Gasteiger partial charge in [-0.3, -0.25) is 9.69 Å². The fraction of sp³-hybridized carbons (Fsp3) is 0.238. The first-order valence-electron chi connectivity index (χ1n) is 9.00. The fourth-order valence-corrected chi connectivity index (χ4v) is 4.07. The molecular formula is C21H18F3NO3S2. The van der Waals surface area contributed by atoms with Crippen LogP contribution in [-0.4, -0.2) is 23.9 Å². The molecule has 1 aliphatic rings. The first-order valence-corrected chi connectivity index (χ1v) is 10.2. The number of methoxy groups -OCH3 is 1. The number of thioether (sulfide) groups is 1. The number of carbonyl (C=O) groups is 1. The Bertz CT molecular complexity index is 1010. The third kappa shape index (κ3) is 4.79. The molecule has 0 saturated carbocycles. The SMILES string of the molecule is CCCOc1ccc(/C=C2/SC(=S)N(c3cccc(C(F)(F)F)c3)C2=O)cc1OC. The minimum absolute atomic E-state index is 0.0802. The van der Waals surface area contributed by atoms with E-state index in [2.05, 4.69) is 0 Å². The molecule has 1 amide bonds. The van der Waals surface area contributed by atoms with Crippen LogP contribution < -0.4 is 14.4 Å². The summed E-state index contributed by atoms with van der Waals surface area (Å²) in [5.41, 5.74) is -0.0812. The Balaban J connectivity index is 1.88. The minimum atomic E-state index is -4.51. The predicted molar refractivity (Wildman–Crippen MR) is 116 cm³/mol. The van der Waals surface area contributed by atoms with Gasteiger partial charge in [-0.05, 0) is 48.4 Å². The van der Waals surface area contributed by atoms with Gasteiger partial charge in [0.05, 0.1) is 29.9 Å². The molecule has 9 heteroatoms. The van der Waals surface area contributed by atoms with Crippen LogP contribution in [0.1, 0.15) is 24.5 Å². The van der Waals surface area contributed by atoms with E-state index in [-0.39, 0.29) is 10.0 Å². The average molecular weight is 454 g/mol. The Morgan fingerprint density at radius 2 is 1.93 bits per heavy atom. The highest BCUT2D eigenvalue weighted by Crippen LogP contribution is 2.39. The molecule has 2 aromatic rings. The number of ether oxygens (including phenoxy) is 2. The van der Waals surface area contributed by atoms with Gasteiger partial charge in [-0.15, -0.1) is 0 Å². The van der Waals surface area contributed by atoms with Crippen LogP contribution in [0.5, 0.6) is 11.5 Å². The van der Waals surface area contributed by atoms with E-state index in [4.69, 9.17) is 21.7 Å². The zero-order valence-corrected chi connectivity index (χ0v) is 17.8. The number of nitrogens with zero attached hydrogens (tertiary/aromatic N) is 1. The zero-order chi connectivity index (χ0) is 21.9. The Morgan fingerprint density at radius 3 is 2.60 bits per heavy atom. The number of hydrogen-bond acceptors (Lipinski definition) is 5. The molecule has 0 aliphatic carbocycles. The summed E-state index contributed by atoms with van der Waals surface area (Å²) in [5.74, 6) is 0.633. The van der Waals surface area contributed by atoms with Crippen LogP contribution in [0.25, 0.3) is 6.08 Å². The van der Waals surface area contributed by atoms with Crippen LogP contribution in [0.15, 0.2) is 47.4 Å². The molecule has 1 aliphatic heterocycles. The molecule has 30 heavy (non-hydrogen) atoms. The number of rotatable bonds is 6. The molecule has 2 aromatic carbocycles. The molecule has 0 spiro atoms. The molecule has 3 rings (SSSR count). The standard InChI is InChI=1S/C21H18F3NO3S2/c1-3-9-28-16-8-7-13(10-17(16)27-2)11-18-19(26)25(20(29)30-18)15-6-4-5-14(12-15)21(22,23)24/h4-8,10-12H,3,9H2,1-2H3/b18-11+. The van der Waals surface area contributed by atoms with Gasteiger partial charge in [-0.2, -0.15) is 13.2 Å². The summed E-state index contributed by atoms with van der Waals surface area (Å²) in [6.07, 6.45) is -2.04. The maximum atomic E-state index is 13.0. The average Bonchev–Trinajstić information content (AvgIpc) is 2.99. The summed E-state index contributed by atoms with van der Waals surface area (Å²) in [4.78, 5) is 14.3. The van der Waals surface area contributed by atoms with Gasteiger partial charge in [-0.25, -0.2) is 0 Å². The van der Waals surface area contributed by atoms with E-state index in [0.717, 1.165) is 35.2 Å². The molecule has 0 aromatic heterocycles. The number of alkyl halides is 3. The molecule has 1 saturated heterocycles. The molecule has 158 valence electrons. The van der Waals surface area contributed by atoms with Crippen LogP contribution >= 0.6 is 24.0 Å². The maximum Gasteiger partial charge on any atom is 0.416 e. The van der Waals surface area contributed by atoms with Crippen molar-refractivity contribution in [1.29, 1.82) is 0 Å². The summed E-state index contributed by atoms with van der Waals surface area (Å²) >= 11 is 6.28. The van der Waals surface area contributed by atoms with Gasteiger partial charge in [0, 0.05) is 0 Å². The lowest BCUT2D eigenvalue weighted by molar-refractivity contribution is -0.137. The third-order valence-electron chi connectivity index (χ3n) is 4.17. The molecule has 0 unspecified atom stereocenters. The van der Waals surface area contributed by atoms with Crippen molar-refractivity contribution >= 4 is 46.0 Å². The molecule has 0 atom stereocenters. The van der Waals surface area contributed by atoms with Crippen LogP contribution in [0.3, 0.4) is 0 Å². The number of amides is 1. The van der Waals surface area contributed by atoms with Crippen LogP contribution in [0.4, 0.5) is 18.9 Å². The second-order valence-corrected chi connectivity index (χ2v) is 8.00. The van der Waals surface area contributed by atoms with E-state index in [1.54, 1.807) is 24.3 Å². The summed E-state index contributed by atoms with van der Waals surface area (Å²) < 4.78 is 50.2. The van der Waals surface area contributed by atoms with Gasteiger partial charge in [-0.1, -0.05) is 43.0 Å². The number of anilines is 1. The molecule has 0 N–H and O–H groups in total. The van der Waals surface area contributed by atoms with Crippen LogP contribution in [0, 0.1) is 0 Å². The molecule has 1 heterocycles. The van der Waals surface area contributed by atoms with Crippen molar-refractivity contribution in [3.63, 3.8) is 0 Å². The van der Waals surface area contributed by atoms with Gasteiger partial charge in [0.25, 0.3) is 5.91 Å². The Morgan fingerprint density at radius 1 is 1.17 bits per heavy atom. The van der Waals surface area contributed by atoms with E-state index in [1.165, 1.54) is 19.2 Å². The summed E-state index contributed by atoms with van der Waals surface area (Å²) in [6.45, 7) is 2.54. The van der Waals surface area contributed by atoms with Gasteiger partial charge < -0.3 is 9.47 Å². The highest BCUT2D eigenvalue weighted by Gasteiger charge is 2.36. The van der Waals surface area contributed by atoms with Crippen molar-refractivity contribution in [2.45, 2.75) is 19.5 Å². The Labute approximate surface area is 181 Å². The van der Waals surface area contributed by atoms with E-state index < -0.39 is 17.6 Å². The number of carbonyl (C=O) groups excluding carboxylic acids is 1. The molecule has 0 radical (unpaired) electrons. The van der Waals surface area contributed by atoms with E-state index in [0.29, 0.717) is 28.6 Å². The minimum Gasteiger partial charge on any atom is -0.493 e. The maximum absolute atomic E-state index is 13.0. The highest BCUT2D eigenvalue weighted by molar-refractivity contribution is 8.27. The van der Waals surface area contributed by atoms with Gasteiger partial charge in [0.2, 0.25) is 0 Å². The summed E-state index contributed by atoms with van der Waals surface area (Å²) in [5, 5.41) is 0. The van der Waals surface area contributed by atoms with Crippen molar-refractivity contribution in [2.75, 3.05) is 18.6 Å². The Kier molecular flexibility index (Phi) is 6.72. The smallest absolute Gasteiger partial charge is 0.416 e. The molecule has 0 bridgehead atoms. The van der Waals surface area contributed by atoms with E-state index >= 15 is 0 Å².